The number of benzene rings is 2. The van der Waals surface area contributed by atoms with Gasteiger partial charge in [0.2, 0.25) is 0 Å². The first kappa shape index (κ1) is 18.6. The molecular formula is C24H26FIN2. The highest BCUT2D eigenvalue weighted by molar-refractivity contribution is 14.1. The number of para-hydroxylation sites is 1. The largest absolute Gasteiger partial charge is 0.356 e. The van der Waals surface area contributed by atoms with Gasteiger partial charge in [0.05, 0.1) is 5.54 Å². The van der Waals surface area contributed by atoms with E-state index in [1.54, 1.807) is 13.8 Å². The van der Waals surface area contributed by atoms with E-state index in [4.69, 9.17) is 0 Å². The van der Waals surface area contributed by atoms with Gasteiger partial charge in [-0.05, 0) is 97.5 Å². The lowest BCUT2D eigenvalue weighted by molar-refractivity contribution is 0.0105. The summed E-state index contributed by atoms with van der Waals surface area (Å²) in [6, 6.07) is 15.7. The summed E-state index contributed by atoms with van der Waals surface area (Å²) >= 11 is 2.39. The summed E-state index contributed by atoms with van der Waals surface area (Å²) in [6.45, 7) is 6.12. The molecule has 0 saturated heterocycles. The van der Waals surface area contributed by atoms with Crippen LogP contribution in [0.15, 0.2) is 42.5 Å². The second kappa shape index (κ2) is 6.30. The Hall–Kier alpha value is -1.40. The zero-order chi connectivity index (χ0) is 19.7. The molecule has 1 N–H and O–H groups in total. The van der Waals surface area contributed by atoms with E-state index in [2.05, 4.69) is 81.9 Å². The predicted molar refractivity (Wildman–Crippen MR) is 122 cm³/mol. The smallest absolute Gasteiger partial charge is 0.118 e. The lowest BCUT2D eigenvalue weighted by atomic mass is 9.77. The van der Waals surface area contributed by atoms with Gasteiger partial charge in [0.15, 0.2) is 0 Å². The number of rotatable bonds is 2. The number of fused-ring (bicyclic) bond motifs is 6. The second-order valence-corrected chi connectivity index (χ2v) is 10.3. The summed E-state index contributed by atoms with van der Waals surface area (Å²) < 4.78 is 16.2. The molecule has 0 bridgehead atoms. The van der Waals surface area contributed by atoms with Crippen LogP contribution < -0.4 is 0 Å². The highest BCUT2D eigenvalue weighted by Crippen LogP contribution is 2.53. The van der Waals surface area contributed by atoms with Crippen molar-refractivity contribution in [3.63, 3.8) is 0 Å². The first-order chi connectivity index (χ1) is 13.3. The van der Waals surface area contributed by atoms with Crippen molar-refractivity contribution in [1.29, 1.82) is 0 Å². The molecule has 2 aromatic carbocycles. The van der Waals surface area contributed by atoms with E-state index in [0.717, 1.165) is 19.3 Å². The van der Waals surface area contributed by atoms with Crippen molar-refractivity contribution in [3.8, 4) is 0 Å². The number of hydrogen-bond donors (Lipinski definition) is 1. The first-order valence-corrected chi connectivity index (χ1v) is 11.2. The molecule has 2 aliphatic rings. The highest BCUT2D eigenvalue weighted by atomic mass is 127. The summed E-state index contributed by atoms with van der Waals surface area (Å²) in [7, 11) is 0. The Morgan fingerprint density at radius 1 is 1.25 bits per heavy atom. The molecule has 1 spiro atoms. The van der Waals surface area contributed by atoms with Gasteiger partial charge in [0.1, 0.15) is 5.67 Å². The molecule has 4 heteroatoms. The fourth-order valence-electron chi connectivity index (χ4n) is 5.57. The molecule has 0 radical (unpaired) electrons. The normalized spacial score (nSPS) is 24.7. The van der Waals surface area contributed by atoms with E-state index < -0.39 is 5.67 Å². The topological polar surface area (TPSA) is 19.0 Å². The zero-order valence-electron chi connectivity index (χ0n) is 16.7. The number of H-pyrrole nitrogens is 1. The molecule has 0 unspecified atom stereocenters. The molecule has 3 aromatic rings. The molecule has 2 heterocycles. The Morgan fingerprint density at radius 3 is 2.82 bits per heavy atom. The monoisotopic (exact) mass is 488 g/mol. The van der Waals surface area contributed by atoms with E-state index in [1.807, 2.05) is 0 Å². The van der Waals surface area contributed by atoms with Gasteiger partial charge in [-0.25, -0.2) is 4.39 Å². The second-order valence-electron chi connectivity index (χ2n) is 9.09. The average Bonchev–Trinajstić information content (AvgIpc) is 3.18. The maximum atomic E-state index is 15.0. The number of aromatic amines is 1. The van der Waals surface area contributed by atoms with Crippen molar-refractivity contribution in [1.82, 2.24) is 9.88 Å². The van der Waals surface area contributed by atoms with Gasteiger partial charge in [-0.2, -0.15) is 0 Å². The molecular weight excluding hydrogens is 462 g/mol. The minimum absolute atomic E-state index is 0.269. The van der Waals surface area contributed by atoms with E-state index in [1.165, 1.54) is 36.9 Å². The van der Waals surface area contributed by atoms with Crippen LogP contribution in [-0.2, 0) is 18.4 Å². The fourth-order valence-corrected chi connectivity index (χ4v) is 6.12. The third-order valence-electron chi connectivity index (χ3n) is 6.56. The number of hydrogen-bond acceptors (Lipinski definition) is 1. The molecule has 0 fully saturated rings. The maximum Gasteiger partial charge on any atom is 0.118 e. The minimum atomic E-state index is -1.24. The maximum absolute atomic E-state index is 15.0. The van der Waals surface area contributed by atoms with Crippen molar-refractivity contribution in [2.24, 2.45) is 0 Å². The fraction of sp³-hybridized carbons (Fsp3) is 0.417. The van der Waals surface area contributed by atoms with Crippen molar-refractivity contribution in [2.45, 2.75) is 57.3 Å². The summed E-state index contributed by atoms with van der Waals surface area (Å²) in [6.07, 6.45) is 3.00. The van der Waals surface area contributed by atoms with Gasteiger partial charge >= 0.3 is 0 Å². The van der Waals surface area contributed by atoms with Crippen molar-refractivity contribution in [3.05, 3.63) is 68.4 Å². The first-order valence-electron chi connectivity index (χ1n) is 10.1. The van der Waals surface area contributed by atoms with Crippen molar-refractivity contribution in [2.75, 3.05) is 6.54 Å². The number of nitrogens with zero attached hydrogens (tertiary/aromatic N) is 1. The Balaban J connectivity index is 1.81. The van der Waals surface area contributed by atoms with E-state index in [9.17, 15) is 4.39 Å². The average molecular weight is 488 g/mol. The van der Waals surface area contributed by atoms with Crippen LogP contribution in [0, 0.1) is 3.57 Å². The number of aryl methyl sites for hydroxylation is 1. The van der Waals surface area contributed by atoms with Gasteiger partial charge in [-0.3, -0.25) is 4.90 Å². The molecule has 2 nitrogen and oxygen atoms in total. The van der Waals surface area contributed by atoms with E-state index in [0.29, 0.717) is 6.54 Å². The quantitative estimate of drug-likeness (QED) is 0.442. The molecule has 5 rings (SSSR count). The summed E-state index contributed by atoms with van der Waals surface area (Å²) in [5.74, 6) is 0. The number of nitrogens with one attached hydrogen (secondary N) is 1. The molecule has 28 heavy (non-hydrogen) atoms. The molecule has 2 atom stereocenters. The Morgan fingerprint density at radius 2 is 2.04 bits per heavy atom. The van der Waals surface area contributed by atoms with Crippen LogP contribution in [0.2, 0.25) is 0 Å². The van der Waals surface area contributed by atoms with Gasteiger partial charge in [0.25, 0.3) is 0 Å². The number of halogens is 2. The number of alkyl halides is 1. The lowest BCUT2D eigenvalue weighted by Gasteiger charge is -2.50. The van der Waals surface area contributed by atoms with E-state index >= 15 is 0 Å². The van der Waals surface area contributed by atoms with Gasteiger partial charge in [-0.1, -0.05) is 24.3 Å². The Labute approximate surface area is 179 Å². The molecule has 146 valence electrons. The van der Waals surface area contributed by atoms with Crippen LogP contribution in [0.25, 0.3) is 10.9 Å². The highest BCUT2D eigenvalue weighted by Gasteiger charge is 2.52. The molecule has 0 amide bonds. The van der Waals surface area contributed by atoms with Crippen LogP contribution in [-0.4, -0.2) is 28.1 Å². The van der Waals surface area contributed by atoms with Gasteiger partial charge in [0, 0.05) is 32.8 Å². The van der Waals surface area contributed by atoms with Crippen molar-refractivity contribution >= 4 is 33.5 Å². The third-order valence-corrected chi connectivity index (χ3v) is 7.24. The summed E-state index contributed by atoms with van der Waals surface area (Å²) in [5, 5.41) is 1.32. The predicted octanol–water partition coefficient (Wildman–Crippen LogP) is 5.96. The summed E-state index contributed by atoms with van der Waals surface area (Å²) in [4.78, 5) is 6.22. The Kier molecular flexibility index (Phi) is 4.19. The van der Waals surface area contributed by atoms with Crippen LogP contribution in [0.1, 0.15) is 49.6 Å². The molecule has 1 aliphatic carbocycles. The van der Waals surface area contributed by atoms with E-state index in [-0.39, 0.29) is 11.6 Å². The van der Waals surface area contributed by atoms with Crippen molar-refractivity contribution < 1.29 is 4.39 Å². The van der Waals surface area contributed by atoms with Crippen LogP contribution in [0.4, 0.5) is 4.39 Å². The van der Waals surface area contributed by atoms with Gasteiger partial charge in [-0.15, -0.1) is 0 Å². The third kappa shape index (κ3) is 2.67. The summed E-state index contributed by atoms with van der Waals surface area (Å²) in [5.41, 5.74) is 5.16. The Bertz CT molecular complexity index is 1060. The van der Waals surface area contributed by atoms with Crippen LogP contribution >= 0.6 is 22.6 Å². The molecule has 0 saturated carbocycles. The van der Waals surface area contributed by atoms with Gasteiger partial charge < -0.3 is 4.98 Å². The lowest BCUT2D eigenvalue weighted by Crippen LogP contribution is -2.57. The van der Waals surface area contributed by atoms with Crippen LogP contribution in [0.5, 0.6) is 0 Å². The molecule has 1 aromatic heterocycles. The standard InChI is InChI=1S/C24H26FIN2/c1-15-12-19-18-6-4-5-7-21(18)27-22(19)24(28(15)14-23(2,3)25)11-10-16-13-17(26)8-9-20(16)24/h4-9,13,15,27H,10-12,14H2,1-3H3/t15-,24-/m1/s1. The zero-order valence-corrected chi connectivity index (χ0v) is 18.8. The SMILES string of the molecule is C[C@@H]1Cc2c([nH]c3ccccc23)[C@]2(CCc3cc(I)ccc32)N1CC(C)(C)F. The minimum Gasteiger partial charge on any atom is -0.356 e. The number of aromatic nitrogens is 1. The molecule has 1 aliphatic heterocycles. The van der Waals surface area contributed by atoms with Crippen LogP contribution in [0.3, 0.4) is 0 Å².